The Morgan fingerprint density at radius 1 is 1.11 bits per heavy atom. The SMILES string of the molecule is COc1cc(C)c(COC(=O)C2=C(Nc3ccccc3)OCC2=O)cc1OC. The van der Waals surface area contributed by atoms with Crippen molar-refractivity contribution in [3.8, 4) is 11.5 Å². The zero-order valence-corrected chi connectivity index (χ0v) is 15.9. The molecule has 0 saturated carbocycles. The van der Waals surface area contributed by atoms with Crippen LogP contribution in [0.15, 0.2) is 53.9 Å². The van der Waals surface area contributed by atoms with Gasteiger partial charge in [-0.3, -0.25) is 4.79 Å². The summed E-state index contributed by atoms with van der Waals surface area (Å²) in [6.45, 7) is 1.66. The standard InChI is InChI=1S/C21H21NO6/c1-13-9-17(25-2)18(26-3)10-14(13)11-28-21(24)19-16(23)12-27-20(19)22-15-7-5-4-6-8-15/h4-10,22H,11-12H2,1-3H3. The number of esters is 1. The quantitative estimate of drug-likeness (QED) is 0.581. The first-order chi connectivity index (χ1) is 13.5. The molecule has 0 atom stereocenters. The number of methoxy groups -OCH3 is 2. The summed E-state index contributed by atoms with van der Waals surface area (Å²) >= 11 is 0. The molecular formula is C21H21NO6. The van der Waals surface area contributed by atoms with Crippen molar-refractivity contribution in [3.63, 3.8) is 0 Å². The fraction of sp³-hybridized carbons (Fsp3) is 0.238. The molecule has 1 aliphatic heterocycles. The van der Waals surface area contributed by atoms with Crippen molar-refractivity contribution in [2.45, 2.75) is 13.5 Å². The molecule has 28 heavy (non-hydrogen) atoms. The van der Waals surface area contributed by atoms with Crippen LogP contribution < -0.4 is 14.8 Å². The lowest BCUT2D eigenvalue weighted by Gasteiger charge is -2.13. The van der Waals surface area contributed by atoms with Crippen LogP contribution in [0.5, 0.6) is 11.5 Å². The highest BCUT2D eigenvalue weighted by atomic mass is 16.5. The van der Waals surface area contributed by atoms with E-state index in [9.17, 15) is 9.59 Å². The summed E-state index contributed by atoms with van der Waals surface area (Å²) in [6, 6.07) is 12.7. The second-order valence-corrected chi connectivity index (χ2v) is 6.12. The Hall–Kier alpha value is -3.48. The van der Waals surface area contributed by atoms with Gasteiger partial charge in [0.25, 0.3) is 0 Å². The van der Waals surface area contributed by atoms with E-state index in [1.807, 2.05) is 25.1 Å². The van der Waals surface area contributed by atoms with Gasteiger partial charge in [-0.25, -0.2) is 4.79 Å². The van der Waals surface area contributed by atoms with Crippen LogP contribution in [0.25, 0.3) is 0 Å². The summed E-state index contributed by atoms with van der Waals surface area (Å²) in [5.41, 5.74) is 2.20. The Balaban J connectivity index is 1.76. The highest BCUT2D eigenvalue weighted by Gasteiger charge is 2.32. The summed E-state index contributed by atoms with van der Waals surface area (Å²) in [5.74, 6) is 0.0596. The van der Waals surface area contributed by atoms with Crippen molar-refractivity contribution < 1.29 is 28.5 Å². The Labute approximate surface area is 162 Å². The summed E-state index contributed by atoms with van der Waals surface area (Å²) in [7, 11) is 3.08. The molecule has 0 aromatic heterocycles. The van der Waals surface area contributed by atoms with Crippen molar-refractivity contribution in [1.29, 1.82) is 0 Å². The van der Waals surface area contributed by atoms with Gasteiger partial charge in [-0.15, -0.1) is 0 Å². The number of nitrogens with one attached hydrogen (secondary N) is 1. The molecule has 0 fully saturated rings. The molecule has 146 valence electrons. The molecule has 1 heterocycles. The molecule has 0 bridgehead atoms. The molecule has 0 saturated heterocycles. The van der Waals surface area contributed by atoms with Crippen LogP contribution in [0.3, 0.4) is 0 Å². The zero-order chi connectivity index (χ0) is 20.1. The van der Waals surface area contributed by atoms with Crippen LogP contribution in [0, 0.1) is 6.92 Å². The average molecular weight is 383 g/mol. The molecule has 7 heteroatoms. The number of ether oxygens (including phenoxy) is 4. The van der Waals surface area contributed by atoms with Crippen LogP contribution in [0.2, 0.25) is 0 Å². The maximum absolute atomic E-state index is 12.5. The average Bonchev–Trinajstić information content (AvgIpc) is 3.07. The molecule has 0 amide bonds. The number of ketones is 1. The van der Waals surface area contributed by atoms with E-state index in [-0.39, 0.29) is 24.7 Å². The summed E-state index contributed by atoms with van der Waals surface area (Å²) in [5, 5.41) is 2.94. The van der Waals surface area contributed by atoms with Crippen LogP contribution in [0.4, 0.5) is 5.69 Å². The van der Waals surface area contributed by atoms with Gasteiger partial charge in [0.1, 0.15) is 6.61 Å². The van der Waals surface area contributed by atoms with E-state index < -0.39 is 11.8 Å². The third kappa shape index (κ3) is 4.09. The molecule has 1 N–H and O–H groups in total. The van der Waals surface area contributed by atoms with Crippen molar-refractivity contribution in [2.75, 3.05) is 26.1 Å². The van der Waals surface area contributed by atoms with E-state index in [2.05, 4.69) is 5.32 Å². The maximum Gasteiger partial charge on any atom is 0.347 e. The van der Waals surface area contributed by atoms with Crippen LogP contribution >= 0.6 is 0 Å². The Morgan fingerprint density at radius 2 is 1.79 bits per heavy atom. The number of carbonyl (C=O) groups excluding carboxylic acids is 2. The van der Waals surface area contributed by atoms with Gasteiger partial charge in [0, 0.05) is 5.69 Å². The first-order valence-electron chi connectivity index (χ1n) is 8.64. The van der Waals surface area contributed by atoms with E-state index in [0.29, 0.717) is 17.2 Å². The lowest BCUT2D eigenvalue weighted by Crippen LogP contribution is -2.16. The van der Waals surface area contributed by atoms with Gasteiger partial charge >= 0.3 is 5.97 Å². The number of rotatable bonds is 7. The predicted molar refractivity (Wildman–Crippen MR) is 102 cm³/mol. The van der Waals surface area contributed by atoms with Gasteiger partial charge in [0.15, 0.2) is 23.7 Å². The second kappa shape index (κ2) is 8.47. The minimum atomic E-state index is -0.741. The van der Waals surface area contributed by atoms with Crippen LogP contribution in [-0.4, -0.2) is 32.6 Å². The zero-order valence-electron chi connectivity index (χ0n) is 15.9. The first-order valence-corrected chi connectivity index (χ1v) is 8.64. The van der Waals surface area contributed by atoms with Gasteiger partial charge in [-0.2, -0.15) is 0 Å². The summed E-state index contributed by atoms with van der Waals surface area (Å²) in [4.78, 5) is 24.7. The fourth-order valence-corrected chi connectivity index (χ4v) is 2.76. The van der Waals surface area contributed by atoms with E-state index in [0.717, 1.165) is 11.1 Å². The number of hydrogen-bond acceptors (Lipinski definition) is 7. The van der Waals surface area contributed by atoms with Gasteiger partial charge in [-0.05, 0) is 42.3 Å². The molecule has 2 aromatic rings. The molecule has 0 aliphatic carbocycles. The molecule has 0 radical (unpaired) electrons. The maximum atomic E-state index is 12.5. The third-order valence-electron chi connectivity index (χ3n) is 4.29. The monoisotopic (exact) mass is 383 g/mol. The van der Waals surface area contributed by atoms with Crippen molar-refractivity contribution in [2.24, 2.45) is 0 Å². The van der Waals surface area contributed by atoms with Crippen molar-refractivity contribution in [1.82, 2.24) is 0 Å². The molecule has 0 unspecified atom stereocenters. The molecule has 1 aliphatic rings. The number of benzene rings is 2. The van der Waals surface area contributed by atoms with Gasteiger partial charge in [0.05, 0.1) is 14.2 Å². The predicted octanol–water partition coefficient (Wildman–Crippen LogP) is 2.98. The van der Waals surface area contributed by atoms with Gasteiger partial charge in [0.2, 0.25) is 11.7 Å². The number of carbonyl (C=O) groups is 2. The van der Waals surface area contributed by atoms with Gasteiger partial charge < -0.3 is 24.3 Å². The Kier molecular flexibility index (Phi) is 5.84. The molecule has 0 spiro atoms. The second-order valence-electron chi connectivity index (χ2n) is 6.12. The smallest absolute Gasteiger partial charge is 0.347 e. The summed E-state index contributed by atoms with van der Waals surface area (Å²) in [6.07, 6.45) is 0. The topological polar surface area (TPSA) is 83.1 Å². The van der Waals surface area contributed by atoms with Crippen LogP contribution in [0.1, 0.15) is 11.1 Å². The van der Waals surface area contributed by atoms with Crippen LogP contribution in [-0.2, 0) is 25.7 Å². The number of anilines is 1. The summed E-state index contributed by atoms with van der Waals surface area (Å²) < 4.78 is 21.2. The molecule has 3 rings (SSSR count). The highest BCUT2D eigenvalue weighted by molar-refractivity contribution is 6.19. The highest BCUT2D eigenvalue weighted by Crippen LogP contribution is 2.31. The first kappa shape index (κ1) is 19.3. The minimum absolute atomic E-state index is 0.0135. The largest absolute Gasteiger partial charge is 0.493 e. The van der Waals surface area contributed by atoms with E-state index >= 15 is 0 Å². The van der Waals surface area contributed by atoms with E-state index in [4.69, 9.17) is 18.9 Å². The molecular weight excluding hydrogens is 362 g/mol. The van der Waals surface area contributed by atoms with Crippen molar-refractivity contribution in [3.05, 3.63) is 65.0 Å². The van der Waals surface area contributed by atoms with Gasteiger partial charge in [-0.1, -0.05) is 18.2 Å². The number of para-hydroxylation sites is 1. The van der Waals surface area contributed by atoms with E-state index in [1.165, 1.54) is 7.11 Å². The van der Waals surface area contributed by atoms with Crippen molar-refractivity contribution >= 4 is 17.4 Å². The number of aryl methyl sites for hydroxylation is 1. The normalized spacial score (nSPS) is 13.2. The molecule has 2 aromatic carbocycles. The fourth-order valence-electron chi connectivity index (χ4n) is 2.76. The third-order valence-corrected chi connectivity index (χ3v) is 4.29. The Bertz CT molecular complexity index is 920. The lowest BCUT2D eigenvalue weighted by atomic mass is 10.1. The Morgan fingerprint density at radius 3 is 2.46 bits per heavy atom. The lowest BCUT2D eigenvalue weighted by molar-refractivity contribution is -0.141. The minimum Gasteiger partial charge on any atom is -0.493 e. The molecule has 7 nitrogen and oxygen atoms in total. The number of hydrogen-bond donors (Lipinski definition) is 1. The number of Topliss-reactive ketones (excluding diaryl/α,β-unsaturated/α-hetero) is 1. The van der Waals surface area contributed by atoms with E-state index in [1.54, 1.807) is 31.4 Å².